The maximum Gasteiger partial charge on any atom is 0.333 e. The summed E-state index contributed by atoms with van der Waals surface area (Å²) in [5.74, 6) is -1.37. The number of methoxy groups -OCH3 is 1. The van der Waals surface area contributed by atoms with Crippen molar-refractivity contribution in [3.63, 3.8) is 0 Å². The van der Waals surface area contributed by atoms with Crippen LogP contribution in [-0.2, 0) is 4.79 Å². The lowest BCUT2D eigenvalue weighted by molar-refractivity contribution is -0.139. The molecule has 0 spiro atoms. The third-order valence-electron chi connectivity index (χ3n) is 3.42. The second kappa shape index (κ2) is 5.48. The van der Waals surface area contributed by atoms with Crippen LogP contribution in [0, 0.1) is 5.82 Å². The average molecular weight is 300 g/mol. The highest BCUT2D eigenvalue weighted by molar-refractivity contribution is 5.81. The van der Waals surface area contributed by atoms with E-state index in [-0.39, 0.29) is 5.56 Å². The Labute approximate surface area is 125 Å². The Hall–Kier alpha value is -2.89. The lowest BCUT2D eigenvalue weighted by Crippen LogP contribution is -2.21. The number of rotatable bonds is 4. The number of hydrogen-bond acceptors (Lipinski definition) is 3. The maximum atomic E-state index is 13.5. The van der Waals surface area contributed by atoms with Gasteiger partial charge in [-0.25, -0.2) is 9.18 Å². The second-order valence-corrected chi connectivity index (χ2v) is 4.79. The van der Waals surface area contributed by atoms with Crippen LogP contribution >= 0.6 is 0 Å². The monoisotopic (exact) mass is 300 g/mol. The quantitative estimate of drug-likeness (QED) is 0.804. The zero-order valence-corrected chi connectivity index (χ0v) is 11.7. The van der Waals surface area contributed by atoms with Crippen LogP contribution in [0.1, 0.15) is 11.6 Å². The Morgan fingerprint density at radius 1 is 1.32 bits per heavy atom. The van der Waals surface area contributed by atoms with E-state index in [0.29, 0.717) is 11.3 Å². The number of hydrogen-bond donors (Lipinski definition) is 1. The molecule has 0 aliphatic carbocycles. The number of aliphatic carboxylic acids is 1. The van der Waals surface area contributed by atoms with Gasteiger partial charge in [0.1, 0.15) is 11.6 Å². The summed E-state index contributed by atoms with van der Waals surface area (Å²) in [4.78, 5) is 11.7. The summed E-state index contributed by atoms with van der Waals surface area (Å²) in [6, 6.07) is 9.89. The molecule has 112 valence electrons. The van der Waals surface area contributed by atoms with Crippen molar-refractivity contribution in [1.29, 1.82) is 0 Å². The summed E-state index contributed by atoms with van der Waals surface area (Å²) in [6.45, 7) is 0. The minimum Gasteiger partial charge on any atom is -0.496 e. The van der Waals surface area contributed by atoms with Gasteiger partial charge in [0.05, 0.1) is 12.6 Å². The highest BCUT2D eigenvalue weighted by atomic mass is 19.1. The van der Waals surface area contributed by atoms with E-state index in [1.54, 1.807) is 12.3 Å². The second-order valence-electron chi connectivity index (χ2n) is 4.79. The number of fused-ring (bicyclic) bond motifs is 1. The van der Waals surface area contributed by atoms with Crippen molar-refractivity contribution in [1.82, 2.24) is 9.78 Å². The van der Waals surface area contributed by atoms with E-state index < -0.39 is 17.8 Å². The molecule has 0 aliphatic rings. The van der Waals surface area contributed by atoms with E-state index in [1.165, 1.54) is 23.9 Å². The van der Waals surface area contributed by atoms with Crippen LogP contribution in [0.4, 0.5) is 4.39 Å². The van der Waals surface area contributed by atoms with Crippen LogP contribution < -0.4 is 4.74 Å². The molecule has 0 fully saturated rings. The summed E-state index contributed by atoms with van der Waals surface area (Å²) >= 11 is 0. The maximum absolute atomic E-state index is 13.5. The summed E-state index contributed by atoms with van der Waals surface area (Å²) in [7, 11) is 1.41. The minimum absolute atomic E-state index is 0.211. The highest BCUT2D eigenvalue weighted by Crippen LogP contribution is 2.30. The van der Waals surface area contributed by atoms with Crippen LogP contribution in [0.5, 0.6) is 5.75 Å². The number of benzene rings is 2. The van der Waals surface area contributed by atoms with E-state index in [9.17, 15) is 14.3 Å². The highest BCUT2D eigenvalue weighted by Gasteiger charge is 2.27. The van der Waals surface area contributed by atoms with Crippen molar-refractivity contribution in [3.8, 4) is 5.75 Å². The van der Waals surface area contributed by atoms with Gasteiger partial charge in [-0.3, -0.25) is 4.68 Å². The van der Waals surface area contributed by atoms with E-state index >= 15 is 0 Å². The van der Waals surface area contributed by atoms with Gasteiger partial charge < -0.3 is 9.84 Å². The molecule has 1 heterocycles. The van der Waals surface area contributed by atoms with Gasteiger partial charge in [0.15, 0.2) is 6.04 Å². The Morgan fingerprint density at radius 2 is 2.09 bits per heavy atom. The van der Waals surface area contributed by atoms with Crippen molar-refractivity contribution in [2.75, 3.05) is 7.11 Å². The normalized spacial score (nSPS) is 12.3. The molecule has 3 rings (SSSR count). The van der Waals surface area contributed by atoms with Crippen LogP contribution in [-0.4, -0.2) is 28.0 Å². The summed E-state index contributed by atoms with van der Waals surface area (Å²) in [6.07, 6.45) is 1.62. The average Bonchev–Trinajstić information content (AvgIpc) is 2.90. The topological polar surface area (TPSA) is 64.3 Å². The minimum atomic E-state index is -1.17. The fraction of sp³-hybridized carbons (Fsp3) is 0.125. The molecule has 0 saturated heterocycles. The first-order valence-electron chi connectivity index (χ1n) is 6.60. The molecule has 1 N–H and O–H groups in total. The fourth-order valence-corrected chi connectivity index (χ4v) is 2.42. The predicted octanol–water partition coefficient (Wildman–Crippen LogP) is 2.86. The van der Waals surface area contributed by atoms with Crippen LogP contribution in [0.3, 0.4) is 0 Å². The molecular formula is C16H13FN2O3. The number of aromatic nitrogens is 2. The molecule has 6 heteroatoms. The Morgan fingerprint density at radius 3 is 2.77 bits per heavy atom. The number of ether oxygens (including phenoxy) is 1. The van der Waals surface area contributed by atoms with Gasteiger partial charge in [-0.1, -0.05) is 18.2 Å². The van der Waals surface area contributed by atoms with Gasteiger partial charge in [-0.15, -0.1) is 0 Å². The molecule has 1 aromatic heterocycles. The predicted molar refractivity (Wildman–Crippen MR) is 78.5 cm³/mol. The molecule has 0 aliphatic heterocycles. The lowest BCUT2D eigenvalue weighted by Gasteiger charge is -2.16. The molecule has 5 nitrogen and oxygen atoms in total. The largest absolute Gasteiger partial charge is 0.496 e. The van der Waals surface area contributed by atoms with Crippen molar-refractivity contribution >= 4 is 16.9 Å². The SMILES string of the molecule is COc1ccc(F)cc1C(C(=O)O)n1cc2ccccc2n1. The first-order chi connectivity index (χ1) is 10.6. The van der Waals surface area contributed by atoms with Crippen molar-refractivity contribution in [2.45, 2.75) is 6.04 Å². The lowest BCUT2D eigenvalue weighted by atomic mass is 10.1. The van der Waals surface area contributed by atoms with Crippen LogP contribution in [0.25, 0.3) is 10.9 Å². The molecule has 2 aromatic carbocycles. The molecular weight excluding hydrogens is 287 g/mol. The molecule has 0 bridgehead atoms. The van der Waals surface area contributed by atoms with Crippen LogP contribution in [0.15, 0.2) is 48.7 Å². The summed E-state index contributed by atoms with van der Waals surface area (Å²) < 4.78 is 20.0. The number of carboxylic acid groups (broad SMARTS) is 1. The zero-order chi connectivity index (χ0) is 15.7. The third kappa shape index (κ3) is 2.39. The van der Waals surface area contributed by atoms with Crippen molar-refractivity contribution in [3.05, 3.63) is 60.0 Å². The van der Waals surface area contributed by atoms with Gasteiger partial charge in [-0.05, 0) is 24.3 Å². The molecule has 1 atom stereocenters. The molecule has 0 radical (unpaired) electrons. The number of carbonyl (C=O) groups is 1. The first-order valence-corrected chi connectivity index (χ1v) is 6.60. The van der Waals surface area contributed by atoms with E-state index in [1.807, 2.05) is 18.2 Å². The number of nitrogens with zero attached hydrogens (tertiary/aromatic N) is 2. The van der Waals surface area contributed by atoms with Gasteiger partial charge in [-0.2, -0.15) is 5.10 Å². The van der Waals surface area contributed by atoms with E-state index in [2.05, 4.69) is 5.10 Å². The smallest absolute Gasteiger partial charge is 0.333 e. The van der Waals surface area contributed by atoms with E-state index in [4.69, 9.17) is 4.74 Å². The molecule has 1 unspecified atom stereocenters. The van der Waals surface area contributed by atoms with E-state index in [0.717, 1.165) is 11.5 Å². The summed E-state index contributed by atoms with van der Waals surface area (Å²) in [5.41, 5.74) is 0.881. The molecule has 22 heavy (non-hydrogen) atoms. The van der Waals surface area contributed by atoms with Crippen molar-refractivity contribution in [2.24, 2.45) is 0 Å². The molecule has 3 aromatic rings. The van der Waals surface area contributed by atoms with Gasteiger partial charge >= 0.3 is 5.97 Å². The van der Waals surface area contributed by atoms with Gasteiger partial charge in [0, 0.05) is 17.1 Å². The standard InChI is InChI=1S/C16H13FN2O3/c1-22-14-7-6-11(17)8-12(14)15(16(20)21)19-9-10-4-2-3-5-13(10)18-19/h2-9,15H,1H3,(H,20,21). The van der Waals surface area contributed by atoms with Crippen molar-refractivity contribution < 1.29 is 19.0 Å². The Bertz CT molecular complexity index is 811. The van der Waals surface area contributed by atoms with Crippen LogP contribution in [0.2, 0.25) is 0 Å². The van der Waals surface area contributed by atoms with Gasteiger partial charge in [0.2, 0.25) is 0 Å². The molecule has 0 amide bonds. The first kappa shape index (κ1) is 14.1. The summed E-state index contributed by atoms with van der Waals surface area (Å²) in [5, 5.41) is 14.7. The number of carboxylic acids is 1. The Balaban J connectivity index is 2.18. The third-order valence-corrected chi connectivity index (χ3v) is 3.42. The zero-order valence-electron chi connectivity index (χ0n) is 11.7. The van der Waals surface area contributed by atoms with Gasteiger partial charge in [0.25, 0.3) is 0 Å². The Kier molecular flexibility index (Phi) is 3.50. The number of halogens is 1. The molecule has 0 saturated carbocycles. The fourth-order valence-electron chi connectivity index (χ4n) is 2.42.